The van der Waals surface area contributed by atoms with Crippen molar-refractivity contribution < 1.29 is 10.2 Å². The van der Waals surface area contributed by atoms with Crippen molar-refractivity contribution in [2.75, 3.05) is 13.2 Å². The van der Waals surface area contributed by atoms with Gasteiger partial charge in [0, 0.05) is 18.6 Å². The van der Waals surface area contributed by atoms with Crippen LogP contribution < -0.4 is 0 Å². The quantitative estimate of drug-likeness (QED) is 0.702. The maximum atomic E-state index is 9.83. The summed E-state index contributed by atoms with van der Waals surface area (Å²) in [7, 11) is 0. The monoisotopic (exact) mass is 199 g/mol. The molecule has 2 aliphatic rings. The Hall–Kier alpha value is -0.120. The fourth-order valence-corrected chi connectivity index (χ4v) is 2.76. The topological polar surface area (TPSA) is 43.7 Å². The Morgan fingerprint density at radius 1 is 1.07 bits per heavy atom. The molecule has 2 aliphatic carbocycles. The van der Waals surface area contributed by atoms with Crippen LogP contribution in [0.25, 0.3) is 0 Å². The highest BCUT2D eigenvalue weighted by atomic mass is 16.3. The molecular weight excluding hydrogens is 178 g/mol. The van der Waals surface area contributed by atoms with Crippen molar-refractivity contribution in [3.05, 3.63) is 0 Å². The fraction of sp³-hybridized carbons (Fsp3) is 1.00. The molecule has 0 bridgehead atoms. The highest BCUT2D eigenvalue weighted by Gasteiger charge is 2.36. The third kappa shape index (κ3) is 1.95. The summed E-state index contributed by atoms with van der Waals surface area (Å²) < 4.78 is 0. The van der Waals surface area contributed by atoms with Gasteiger partial charge in [-0.25, -0.2) is 0 Å². The molecular formula is C11H21NO2. The Morgan fingerprint density at radius 2 is 1.79 bits per heavy atom. The summed E-state index contributed by atoms with van der Waals surface area (Å²) in [6, 6.07) is 0.965. The highest BCUT2D eigenvalue weighted by Crippen LogP contribution is 2.32. The minimum absolute atomic E-state index is 0.151. The molecule has 0 aromatic heterocycles. The van der Waals surface area contributed by atoms with Crippen molar-refractivity contribution in [3.63, 3.8) is 0 Å². The molecule has 3 heteroatoms. The first-order valence-electron chi connectivity index (χ1n) is 5.87. The Balaban J connectivity index is 1.93. The van der Waals surface area contributed by atoms with E-state index in [9.17, 15) is 5.11 Å². The zero-order valence-corrected chi connectivity index (χ0v) is 8.73. The van der Waals surface area contributed by atoms with Gasteiger partial charge in [0.2, 0.25) is 0 Å². The lowest BCUT2D eigenvalue weighted by molar-refractivity contribution is 0.00759. The molecule has 2 N–H and O–H groups in total. The Kier molecular flexibility index (Phi) is 3.42. The largest absolute Gasteiger partial charge is 0.395 e. The van der Waals surface area contributed by atoms with E-state index in [4.69, 9.17) is 5.11 Å². The van der Waals surface area contributed by atoms with Crippen molar-refractivity contribution in [1.29, 1.82) is 0 Å². The van der Waals surface area contributed by atoms with E-state index in [0.717, 1.165) is 25.8 Å². The van der Waals surface area contributed by atoms with Crippen LogP contribution in [0.3, 0.4) is 0 Å². The van der Waals surface area contributed by atoms with Crippen molar-refractivity contribution in [2.24, 2.45) is 0 Å². The van der Waals surface area contributed by atoms with Gasteiger partial charge in [0.05, 0.1) is 12.7 Å². The summed E-state index contributed by atoms with van der Waals surface area (Å²) in [6.45, 7) is 0.964. The van der Waals surface area contributed by atoms with Gasteiger partial charge in [0.15, 0.2) is 0 Å². The zero-order valence-electron chi connectivity index (χ0n) is 8.73. The van der Waals surface area contributed by atoms with Crippen LogP contribution in [0.4, 0.5) is 0 Å². The summed E-state index contributed by atoms with van der Waals surface area (Å²) in [5, 5.41) is 18.9. The summed E-state index contributed by atoms with van der Waals surface area (Å²) >= 11 is 0. The first kappa shape index (κ1) is 10.4. The van der Waals surface area contributed by atoms with E-state index in [1.807, 2.05) is 0 Å². The van der Waals surface area contributed by atoms with E-state index in [1.54, 1.807) is 0 Å². The lowest BCUT2D eigenvalue weighted by Gasteiger charge is -2.42. The number of hydrogen-bond acceptors (Lipinski definition) is 3. The van der Waals surface area contributed by atoms with E-state index in [1.165, 1.54) is 19.3 Å². The summed E-state index contributed by atoms with van der Waals surface area (Å²) in [5.74, 6) is 0. The normalized spacial score (nSPS) is 33.6. The van der Waals surface area contributed by atoms with Gasteiger partial charge in [-0.15, -0.1) is 0 Å². The molecule has 2 atom stereocenters. The molecule has 2 saturated carbocycles. The van der Waals surface area contributed by atoms with Crippen LogP contribution in [0.5, 0.6) is 0 Å². The lowest BCUT2D eigenvalue weighted by Crippen LogP contribution is -2.50. The SMILES string of the molecule is OCCN(C1CCC1)[C@H]1CCC[C@@H]1O. The fourth-order valence-electron chi connectivity index (χ4n) is 2.76. The Morgan fingerprint density at radius 3 is 2.21 bits per heavy atom. The first-order valence-corrected chi connectivity index (χ1v) is 5.87. The molecule has 0 spiro atoms. The van der Waals surface area contributed by atoms with Gasteiger partial charge < -0.3 is 10.2 Å². The molecule has 0 saturated heterocycles. The highest BCUT2D eigenvalue weighted by molar-refractivity contribution is 4.91. The second-order valence-electron chi connectivity index (χ2n) is 4.61. The van der Waals surface area contributed by atoms with Crippen molar-refractivity contribution >= 4 is 0 Å². The summed E-state index contributed by atoms with van der Waals surface area (Å²) in [4.78, 5) is 2.35. The van der Waals surface area contributed by atoms with E-state index in [-0.39, 0.29) is 12.7 Å². The van der Waals surface area contributed by atoms with Crippen molar-refractivity contribution in [2.45, 2.75) is 56.7 Å². The molecule has 0 aliphatic heterocycles. The average molecular weight is 199 g/mol. The molecule has 2 fully saturated rings. The molecule has 0 aromatic carbocycles. The Bertz CT molecular complexity index is 182. The van der Waals surface area contributed by atoms with Crippen molar-refractivity contribution in [1.82, 2.24) is 4.90 Å². The smallest absolute Gasteiger partial charge is 0.0695 e. The summed E-state index contributed by atoms with van der Waals surface area (Å²) in [6.07, 6.45) is 6.86. The van der Waals surface area contributed by atoms with Gasteiger partial charge in [0.25, 0.3) is 0 Å². The first-order chi connectivity index (χ1) is 6.83. The van der Waals surface area contributed by atoms with Crippen LogP contribution in [0.1, 0.15) is 38.5 Å². The van der Waals surface area contributed by atoms with Crippen LogP contribution in [-0.2, 0) is 0 Å². The molecule has 0 unspecified atom stereocenters. The lowest BCUT2D eigenvalue weighted by atomic mass is 9.90. The molecule has 2 rings (SSSR count). The van der Waals surface area contributed by atoms with Crippen LogP contribution >= 0.6 is 0 Å². The maximum absolute atomic E-state index is 9.83. The number of nitrogens with zero attached hydrogens (tertiary/aromatic N) is 1. The third-order valence-electron chi connectivity index (χ3n) is 3.77. The number of aliphatic hydroxyl groups is 2. The molecule has 0 amide bonds. The van der Waals surface area contributed by atoms with Gasteiger partial charge >= 0.3 is 0 Å². The molecule has 14 heavy (non-hydrogen) atoms. The van der Waals surface area contributed by atoms with Gasteiger partial charge in [-0.05, 0) is 32.1 Å². The molecule has 0 radical (unpaired) electrons. The standard InChI is InChI=1S/C11H21NO2/c13-8-7-12(9-3-1-4-9)10-5-2-6-11(10)14/h9-11,13-14H,1-8H2/t10-,11-/m0/s1. The van der Waals surface area contributed by atoms with Crippen LogP contribution in [0.15, 0.2) is 0 Å². The second kappa shape index (κ2) is 4.60. The van der Waals surface area contributed by atoms with Gasteiger partial charge in [-0.2, -0.15) is 0 Å². The van der Waals surface area contributed by atoms with Gasteiger partial charge in [0.1, 0.15) is 0 Å². The molecule has 0 aromatic rings. The van der Waals surface area contributed by atoms with E-state index < -0.39 is 0 Å². The van der Waals surface area contributed by atoms with E-state index in [2.05, 4.69) is 4.90 Å². The van der Waals surface area contributed by atoms with Crippen molar-refractivity contribution in [3.8, 4) is 0 Å². The van der Waals surface area contributed by atoms with Gasteiger partial charge in [-0.1, -0.05) is 6.42 Å². The number of aliphatic hydroxyl groups excluding tert-OH is 2. The molecule has 0 heterocycles. The number of rotatable bonds is 4. The minimum atomic E-state index is -0.151. The van der Waals surface area contributed by atoms with Crippen LogP contribution in [0.2, 0.25) is 0 Å². The summed E-state index contributed by atoms with van der Waals surface area (Å²) in [5.41, 5.74) is 0. The van der Waals surface area contributed by atoms with Gasteiger partial charge in [-0.3, -0.25) is 4.90 Å². The maximum Gasteiger partial charge on any atom is 0.0695 e. The third-order valence-corrected chi connectivity index (χ3v) is 3.77. The molecule has 3 nitrogen and oxygen atoms in total. The van der Waals surface area contributed by atoms with Crippen LogP contribution in [0, 0.1) is 0 Å². The van der Waals surface area contributed by atoms with E-state index in [0.29, 0.717) is 12.1 Å². The van der Waals surface area contributed by atoms with Crippen LogP contribution in [-0.4, -0.2) is 46.5 Å². The Labute approximate surface area is 85.7 Å². The zero-order chi connectivity index (χ0) is 9.97. The van der Waals surface area contributed by atoms with E-state index >= 15 is 0 Å². The predicted octanol–water partition coefficient (Wildman–Crippen LogP) is 0.747. The average Bonchev–Trinajstić information content (AvgIpc) is 2.47. The molecule has 82 valence electrons. The predicted molar refractivity (Wildman–Crippen MR) is 55.1 cm³/mol. The second-order valence-corrected chi connectivity index (χ2v) is 4.61. The number of hydrogen-bond donors (Lipinski definition) is 2. The minimum Gasteiger partial charge on any atom is -0.395 e.